The maximum Gasteiger partial charge on any atom is 0.324 e. The molecule has 144 valence electrons. The van der Waals surface area contributed by atoms with E-state index in [-0.39, 0.29) is 16.9 Å². The fourth-order valence-corrected chi connectivity index (χ4v) is 4.13. The Bertz CT molecular complexity index is 918. The van der Waals surface area contributed by atoms with Gasteiger partial charge >= 0.3 is 5.97 Å². The zero-order valence-electron chi connectivity index (χ0n) is 14.5. The minimum atomic E-state index is -4.06. The van der Waals surface area contributed by atoms with E-state index >= 15 is 0 Å². The molecule has 2 aromatic rings. The van der Waals surface area contributed by atoms with Gasteiger partial charge in [-0.25, -0.2) is 8.42 Å². The maximum absolute atomic E-state index is 12.2. The monoisotopic (exact) mass is 391 g/mol. The van der Waals surface area contributed by atoms with E-state index in [0.29, 0.717) is 0 Å². The molecule has 4 N–H and O–H groups in total. The summed E-state index contributed by atoms with van der Waals surface area (Å²) in [6, 6.07) is 12.3. The number of sulfonamides is 1. The minimum absolute atomic E-state index is 0.0835. The smallest absolute Gasteiger partial charge is 0.324 e. The lowest BCUT2D eigenvalue weighted by Crippen LogP contribution is -2.43. The SMILES string of the molecule is O=C(O)C(CO)NS(=O)(=O)c1ccc(-c2ccc(C3(CO)CC3)cc2)cc1. The van der Waals surface area contributed by atoms with Gasteiger partial charge in [0.05, 0.1) is 18.1 Å². The van der Waals surface area contributed by atoms with Crippen molar-refractivity contribution in [1.29, 1.82) is 0 Å². The molecular formula is C19H21NO6S. The van der Waals surface area contributed by atoms with Crippen molar-refractivity contribution in [3.05, 3.63) is 54.1 Å². The first kappa shape index (κ1) is 19.5. The van der Waals surface area contributed by atoms with Gasteiger partial charge in [-0.2, -0.15) is 4.72 Å². The van der Waals surface area contributed by atoms with E-state index in [1.807, 2.05) is 29.0 Å². The van der Waals surface area contributed by atoms with Crippen LogP contribution in [0.2, 0.25) is 0 Å². The second-order valence-corrected chi connectivity index (χ2v) is 8.45. The third kappa shape index (κ3) is 4.03. The third-order valence-corrected chi connectivity index (χ3v) is 6.42. The molecule has 2 aromatic carbocycles. The van der Waals surface area contributed by atoms with Crippen molar-refractivity contribution < 1.29 is 28.5 Å². The Balaban J connectivity index is 1.78. The maximum atomic E-state index is 12.2. The summed E-state index contributed by atoms with van der Waals surface area (Å²) in [5, 5.41) is 27.4. The molecule has 8 heteroatoms. The zero-order chi connectivity index (χ0) is 19.7. The third-order valence-electron chi connectivity index (χ3n) is 4.93. The second kappa shape index (κ2) is 7.40. The van der Waals surface area contributed by atoms with Gasteiger partial charge in [-0.1, -0.05) is 36.4 Å². The summed E-state index contributed by atoms with van der Waals surface area (Å²) in [6.07, 6.45) is 1.96. The average molecular weight is 391 g/mol. The van der Waals surface area contributed by atoms with Crippen LogP contribution in [0.3, 0.4) is 0 Å². The number of aliphatic hydroxyl groups excluding tert-OH is 2. The lowest BCUT2D eigenvalue weighted by Gasteiger charge is -2.14. The second-order valence-electron chi connectivity index (χ2n) is 6.73. The number of hydrogen-bond donors (Lipinski definition) is 4. The van der Waals surface area contributed by atoms with E-state index in [0.717, 1.165) is 29.5 Å². The summed E-state index contributed by atoms with van der Waals surface area (Å²) in [6.45, 7) is -0.703. The molecule has 0 radical (unpaired) electrons. The van der Waals surface area contributed by atoms with Crippen LogP contribution in [0.15, 0.2) is 53.4 Å². The molecule has 0 aromatic heterocycles. The fourth-order valence-electron chi connectivity index (χ4n) is 2.95. The lowest BCUT2D eigenvalue weighted by molar-refractivity contribution is -0.139. The number of benzene rings is 2. The number of hydrogen-bond acceptors (Lipinski definition) is 5. The van der Waals surface area contributed by atoms with Gasteiger partial charge in [0.25, 0.3) is 0 Å². The first-order valence-corrected chi connectivity index (χ1v) is 9.97. The molecule has 0 aliphatic heterocycles. The molecule has 1 aliphatic rings. The molecule has 3 rings (SSSR count). The van der Waals surface area contributed by atoms with E-state index in [1.165, 1.54) is 12.1 Å². The van der Waals surface area contributed by atoms with E-state index in [1.54, 1.807) is 12.1 Å². The topological polar surface area (TPSA) is 124 Å². The Morgan fingerprint density at radius 1 is 1.00 bits per heavy atom. The molecule has 0 saturated heterocycles. The summed E-state index contributed by atoms with van der Waals surface area (Å²) in [5.74, 6) is -1.45. The number of aliphatic hydroxyl groups is 2. The van der Waals surface area contributed by atoms with Crippen molar-refractivity contribution in [3.63, 3.8) is 0 Å². The van der Waals surface area contributed by atoms with Crippen molar-refractivity contribution in [2.45, 2.75) is 29.2 Å². The van der Waals surface area contributed by atoms with Crippen molar-refractivity contribution in [1.82, 2.24) is 4.72 Å². The van der Waals surface area contributed by atoms with E-state index in [9.17, 15) is 18.3 Å². The quantitative estimate of drug-likeness (QED) is 0.534. The van der Waals surface area contributed by atoms with Crippen molar-refractivity contribution in [3.8, 4) is 11.1 Å². The highest BCUT2D eigenvalue weighted by atomic mass is 32.2. The Kier molecular flexibility index (Phi) is 5.34. The minimum Gasteiger partial charge on any atom is -0.480 e. The number of carboxylic acid groups (broad SMARTS) is 1. The van der Waals surface area contributed by atoms with Crippen LogP contribution in [-0.4, -0.2) is 49.0 Å². The van der Waals surface area contributed by atoms with Gasteiger partial charge in [0.15, 0.2) is 0 Å². The Hall–Kier alpha value is -2.26. The average Bonchev–Trinajstić information content (AvgIpc) is 3.47. The van der Waals surface area contributed by atoms with Gasteiger partial charge in [-0.3, -0.25) is 4.79 Å². The highest BCUT2D eigenvalue weighted by molar-refractivity contribution is 7.89. The van der Waals surface area contributed by atoms with Crippen LogP contribution in [0, 0.1) is 0 Å². The van der Waals surface area contributed by atoms with Crippen molar-refractivity contribution in [2.24, 2.45) is 0 Å². The van der Waals surface area contributed by atoms with E-state index in [2.05, 4.69) is 0 Å². The van der Waals surface area contributed by atoms with Crippen molar-refractivity contribution >= 4 is 16.0 Å². The van der Waals surface area contributed by atoms with Gasteiger partial charge in [0.2, 0.25) is 10.0 Å². The summed E-state index contributed by atoms with van der Waals surface area (Å²) in [4.78, 5) is 10.8. The van der Waals surface area contributed by atoms with Gasteiger partial charge in [0.1, 0.15) is 6.04 Å². The van der Waals surface area contributed by atoms with Gasteiger partial charge in [-0.15, -0.1) is 0 Å². The molecule has 0 spiro atoms. The molecule has 1 fully saturated rings. The predicted molar refractivity (Wildman–Crippen MR) is 98.7 cm³/mol. The van der Waals surface area contributed by atoms with Crippen LogP contribution in [0.5, 0.6) is 0 Å². The molecule has 1 atom stereocenters. The Labute approximate surface area is 157 Å². The van der Waals surface area contributed by atoms with Gasteiger partial charge < -0.3 is 15.3 Å². The van der Waals surface area contributed by atoms with Gasteiger partial charge in [0, 0.05) is 5.41 Å². The first-order valence-electron chi connectivity index (χ1n) is 8.49. The van der Waals surface area contributed by atoms with Crippen LogP contribution < -0.4 is 4.72 Å². The predicted octanol–water partition coefficient (Wildman–Crippen LogP) is 1.10. The summed E-state index contributed by atoms with van der Waals surface area (Å²) in [7, 11) is -4.06. The standard InChI is InChI=1S/C19H21NO6S/c21-11-17(18(23)24)20-27(25,26)16-7-3-14(4-8-16)13-1-5-15(6-2-13)19(12-22)9-10-19/h1-8,17,20-22H,9-12H2,(H,23,24). The van der Waals surface area contributed by atoms with Crippen LogP contribution in [0.4, 0.5) is 0 Å². The fraction of sp³-hybridized carbons (Fsp3) is 0.316. The van der Waals surface area contributed by atoms with Crippen LogP contribution >= 0.6 is 0 Å². The summed E-state index contributed by atoms with van der Waals surface area (Å²) in [5.41, 5.74) is 2.71. The molecule has 7 nitrogen and oxygen atoms in total. The van der Waals surface area contributed by atoms with E-state index < -0.39 is 28.6 Å². The Morgan fingerprint density at radius 3 is 1.93 bits per heavy atom. The largest absolute Gasteiger partial charge is 0.480 e. The van der Waals surface area contributed by atoms with E-state index in [4.69, 9.17) is 10.2 Å². The molecular weight excluding hydrogens is 370 g/mol. The molecule has 0 amide bonds. The number of nitrogens with one attached hydrogen (secondary N) is 1. The normalized spacial score (nSPS) is 16.7. The number of carboxylic acids is 1. The highest BCUT2D eigenvalue weighted by Crippen LogP contribution is 2.47. The lowest BCUT2D eigenvalue weighted by atomic mass is 9.94. The van der Waals surface area contributed by atoms with Crippen LogP contribution in [0.1, 0.15) is 18.4 Å². The number of aliphatic carboxylic acids is 1. The van der Waals surface area contributed by atoms with Crippen molar-refractivity contribution in [2.75, 3.05) is 13.2 Å². The molecule has 1 aliphatic carbocycles. The summed E-state index contributed by atoms with van der Waals surface area (Å²) >= 11 is 0. The zero-order valence-corrected chi connectivity index (χ0v) is 15.3. The molecule has 0 heterocycles. The Morgan fingerprint density at radius 2 is 1.52 bits per heavy atom. The van der Waals surface area contributed by atoms with Crippen LogP contribution in [0.25, 0.3) is 11.1 Å². The van der Waals surface area contributed by atoms with Crippen LogP contribution in [-0.2, 0) is 20.2 Å². The molecule has 0 bridgehead atoms. The highest BCUT2D eigenvalue weighted by Gasteiger charge is 2.43. The molecule has 1 saturated carbocycles. The molecule has 1 unspecified atom stereocenters. The number of rotatable bonds is 8. The van der Waals surface area contributed by atoms with Gasteiger partial charge in [-0.05, 0) is 41.7 Å². The number of carbonyl (C=O) groups is 1. The molecule has 27 heavy (non-hydrogen) atoms. The first-order chi connectivity index (χ1) is 12.8. The summed E-state index contributed by atoms with van der Waals surface area (Å²) < 4.78 is 26.4.